The van der Waals surface area contributed by atoms with Crippen molar-refractivity contribution in [1.29, 1.82) is 0 Å². The van der Waals surface area contributed by atoms with E-state index in [4.69, 9.17) is 4.98 Å². The van der Waals surface area contributed by atoms with E-state index in [2.05, 4.69) is 49.4 Å². The summed E-state index contributed by atoms with van der Waals surface area (Å²) in [4.78, 5) is 5.01. The van der Waals surface area contributed by atoms with Crippen molar-refractivity contribution in [2.75, 3.05) is 0 Å². The zero-order valence-electron chi connectivity index (χ0n) is 16.6. The maximum atomic E-state index is 10.8. The van der Waals surface area contributed by atoms with E-state index in [1.165, 1.54) is 16.7 Å². The molecule has 1 unspecified atom stereocenters. The summed E-state index contributed by atoms with van der Waals surface area (Å²) in [7, 11) is 0. The molecule has 0 aliphatic carbocycles. The molecule has 1 atom stereocenters. The lowest BCUT2D eigenvalue weighted by Crippen LogP contribution is -2.06. The molecule has 2 nitrogen and oxygen atoms in total. The first-order chi connectivity index (χ1) is 14.3. The largest absolute Gasteiger partial charge is 0.388 e. The van der Waals surface area contributed by atoms with Gasteiger partial charge in [0.1, 0.15) is 0 Å². The topological polar surface area (TPSA) is 33.1 Å². The molecule has 4 rings (SSSR count). The SMILES string of the molecule is CCc1c(-c2ccccc2)cc(CC(O)c2ccccc2)nc1-c1ccccc1. The molecule has 0 aliphatic rings. The predicted molar refractivity (Wildman–Crippen MR) is 120 cm³/mol. The Labute approximate surface area is 172 Å². The van der Waals surface area contributed by atoms with Crippen LogP contribution in [0.2, 0.25) is 0 Å². The van der Waals surface area contributed by atoms with Crippen LogP contribution in [0.1, 0.15) is 29.8 Å². The lowest BCUT2D eigenvalue weighted by molar-refractivity contribution is 0.177. The molecule has 4 aromatic rings. The fourth-order valence-corrected chi connectivity index (χ4v) is 3.79. The molecule has 0 spiro atoms. The Hall–Kier alpha value is -3.23. The Balaban J connectivity index is 1.83. The van der Waals surface area contributed by atoms with Gasteiger partial charge in [-0.25, -0.2) is 0 Å². The van der Waals surface area contributed by atoms with Crippen LogP contribution in [0.25, 0.3) is 22.4 Å². The van der Waals surface area contributed by atoms with Crippen molar-refractivity contribution in [3.8, 4) is 22.4 Å². The van der Waals surface area contributed by atoms with Crippen molar-refractivity contribution in [3.05, 3.63) is 114 Å². The third-order valence-corrected chi connectivity index (χ3v) is 5.25. The fourth-order valence-electron chi connectivity index (χ4n) is 3.79. The highest BCUT2D eigenvalue weighted by Gasteiger charge is 2.17. The van der Waals surface area contributed by atoms with E-state index in [1.54, 1.807) is 0 Å². The number of hydrogen-bond acceptors (Lipinski definition) is 2. The molecule has 0 fully saturated rings. The molecular formula is C27H25NO. The highest BCUT2D eigenvalue weighted by Crippen LogP contribution is 2.33. The fraction of sp³-hybridized carbons (Fsp3) is 0.148. The second-order valence-corrected chi connectivity index (χ2v) is 7.20. The molecular weight excluding hydrogens is 354 g/mol. The van der Waals surface area contributed by atoms with Crippen LogP contribution < -0.4 is 0 Å². The Bertz CT molecular complexity index is 999. The van der Waals surface area contributed by atoms with Gasteiger partial charge in [-0.3, -0.25) is 4.98 Å². The van der Waals surface area contributed by atoms with Crippen LogP contribution in [-0.2, 0) is 12.8 Å². The molecule has 0 saturated carbocycles. The van der Waals surface area contributed by atoms with Crippen LogP contribution in [-0.4, -0.2) is 10.1 Å². The number of nitrogens with zero attached hydrogens (tertiary/aromatic N) is 1. The molecule has 0 bridgehead atoms. The van der Waals surface area contributed by atoms with Crippen LogP contribution >= 0.6 is 0 Å². The Morgan fingerprint density at radius 1 is 0.759 bits per heavy atom. The maximum absolute atomic E-state index is 10.8. The molecule has 144 valence electrons. The van der Waals surface area contributed by atoms with Gasteiger partial charge in [-0.2, -0.15) is 0 Å². The quantitative estimate of drug-likeness (QED) is 0.429. The summed E-state index contributed by atoms with van der Waals surface area (Å²) in [6.07, 6.45) is 0.792. The van der Waals surface area contributed by atoms with Gasteiger partial charge in [0.05, 0.1) is 11.8 Å². The average molecular weight is 380 g/mol. The zero-order valence-corrected chi connectivity index (χ0v) is 16.6. The summed E-state index contributed by atoms with van der Waals surface area (Å²) in [5.41, 5.74) is 7.53. The summed E-state index contributed by atoms with van der Waals surface area (Å²) in [6, 6.07) is 32.7. The average Bonchev–Trinajstić information content (AvgIpc) is 2.80. The first-order valence-electron chi connectivity index (χ1n) is 10.1. The molecule has 0 radical (unpaired) electrons. The van der Waals surface area contributed by atoms with Crippen molar-refractivity contribution < 1.29 is 5.11 Å². The molecule has 2 heteroatoms. The van der Waals surface area contributed by atoms with E-state index in [0.717, 1.165) is 28.9 Å². The first kappa shape index (κ1) is 19.1. The predicted octanol–water partition coefficient (Wildman–Crippen LogP) is 6.25. The van der Waals surface area contributed by atoms with Crippen LogP contribution in [0.15, 0.2) is 97.1 Å². The summed E-state index contributed by atoms with van der Waals surface area (Å²) in [6.45, 7) is 2.17. The van der Waals surface area contributed by atoms with Gasteiger partial charge >= 0.3 is 0 Å². The van der Waals surface area contributed by atoms with Crippen molar-refractivity contribution in [2.45, 2.75) is 25.9 Å². The Kier molecular flexibility index (Phi) is 5.83. The van der Waals surface area contributed by atoms with Gasteiger partial charge in [0, 0.05) is 17.7 Å². The van der Waals surface area contributed by atoms with Crippen LogP contribution in [0.3, 0.4) is 0 Å². The number of benzene rings is 3. The van der Waals surface area contributed by atoms with E-state index in [9.17, 15) is 5.11 Å². The van der Waals surface area contributed by atoms with Gasteiger partial charge in [0.15, 0.2) is 0 Å². The number of aliphatic hydroxyl groups excluding tert-OH is 1. The van der Waals surface area contributed by atoms with Gasteiger partial charge in [-0.1, -0.05) is 97.9 Å². The standard InChI is InChI=1S/C27H25NO/c1-2-24-25(20-12-6-3-7-13-20)18-23(19-26(29)21-14-8-4-9-15-21)28-27(24)22-16-10-5-11-17-22/h3-18,26,29H,2,19H2,1H3. The molecule has 3 aromatic carbocycles. The lowest BCUT2D eigenvalue weighted by atomic mass is 9.92. The summed E-state index contributed by atoms with van der Waals surface area (Å²) in [5, 5.41) is 10.8. The van der Waals surface area contributed by atoms with Crippen molar-refractivity contribution in [2.24, 2.45) is 0 Å². The molecule has 1 N–H and O–H groups in total. The van der Waals surface area contributed by atoms with Crippen LogP contribution in [0.5, 0.6) is 0 Å². The van der Waals surface area contributed by atoms with E-state index >= 15 is 0 Å². The molecule has 1 heterocycles. The number of aliphatic hydroxyl groups is 1. The maximum Gasteiger partial charge on any atom is 0.0845 e. The van der Waals surface area contributed by atoms with E-state index in [1.807, 2.05) is 54.6 Å². The summed E-state index contributed by atoms with van der Waals surface area (Å²) in [5.74, 6) is 0. The summed E-state index contributed by atoms with van der Waals surface area (Å²) >= 11 is 0. The monoisotopic (exact) mass is 379 g/mol. The minimum absolute atomic E-state index is 0.480. The molecule has 29 heavy (non-hydrogen) atoms. The smallest absolute Gasteiger partial charge is 0.0845 e. The zero-order chi connectivity index (χ0) is 20.1. The van der Waals surface area contributed by atoms with Crippen molar-refractivity contribution >= 4 is 0 Å². The number of aromatic nitrogens is 1. The second-order valence-electron chi connectivity index (χ2n) is 7.20. The highest BCUT2D eigenvalue weighted by atomic mass is 16.3. The van der Waals surface area contributed by atoms with Gasteiger partial charge in [0.25, 0.3) is 0 Å². The number of pyridine rings is 1. The van der Waals surface area contributed by atoms with Gasteiger partial charge in [-0.15, -0.1) is 0 Å². The number of hydrogen-bond donors (Lipinski definition) is 1. The van der Waals surface area contributed by atoms with Gasteiger partial charge in [-0.05, 0) is 34.7 Å². The van der Waals surface area contributed by atoms with Crippen LogP contribution in [0, 0.1) is 0 Å². The third kappa shape index (κ3) is 4.28. The first-order valence-corrected chi connectivity index (χ1v) is 10.1. The minimum atomic E-state index is -0.580. The second kappa shape index (κ2) is 8.85. The molecule has 1 aromatic heterocycles. The van der Waals surface area contributed by atoms with Gasteiger partial charge < -0.3 is 5.11 Å². The van der Waals surface area contributed by atoms with E-state index in [-0.39, 0.29) is 0 Å². The number of rotatable bonds is 6. The van der Waals surface area contributed by atoms with Crippen molar-refractivity contribution in [3.63, 3.8) is 0 Å². The Morgan fingerprint density at radius 3 is 1.90 bits per heavy atom. The lowest BCUT2D eigenvalue weighted by Gasteiger charge is -2.18. The highest BCUT2D eigenvalue weighted by molar-refractivity contribution is 5.76. The van der Waals surface area contributed by atoms with E-state index in [0.29, 0.717) is 6.42 Å². The molecule has 0 saturated heterocycles. The molecule has 0 aliphatic heterocycles. The van der Waals surface area contributed by atoms with E-state index < -0.39 is 6.10 Å². The minimum Gasteiger partial charge on any atom is -0.388 e. The third-order valence-electron chi connectivity index (χ3n) is 5.25. The Morgan fingerprint density at radius 2 is 1.31 bits per heavy atom. The van der Waals surface area contributed by atoms with Gasteiger partial charge in [0.2, 0.25) is 0 Å². The van der Waals surface area contributed by atoms with Crippen molar-refractivity contribution in [1.82, 2.24) is 4.98 Å². The summed E-state index contributed by atoms with van der Waals surface area (Å²) < 4.78 is 0. The van der Waals surface area contributed by atoms with Crippen LogP contribution in [0.4, 0.5) is 0 Å². The molecule has 0 amide bonds. The normalized spacial score (nSPS) is 11.9.